The van der Waals surface area contributed by atoms with E-state index in [-0.39, 0.29) is 11.8 Å². The monoisotopic (exact) mass is 451 g/mol. The molecule has 0 aromatic heterocycles. The molecule has 0 aliphatic carbocycles. The lowest BCUT2D eigenvalue weighted by Gasteiger charge is -2.35. The van der Waals surface area contributed by atoms with Crippen molar-refractivity contribution >= 4 is 23.2 Å². The van der Waals surface area contributed by atoms with Crippen molar-refractivity contribution in [3.63, 3.8) is 0 Å². The van der Waals surface area contributed by atoms with E-state index in [2.05, 4.69) is 45.9 Å². The number of hydrogen-bond donors (Lipinski definition) is 2. The third-order valence-corrected chi connectivity index (χ3v) is 6.12. The Morgan fingerprint density at radius 2 is 1.82 bits per heavy atom. The van der Waals surface area contributed by atoms with Crippen LogP contribution in [0.25, 0.3) is 0 Å². The van der Waals surface area contributed by atoms with Gasteiger partial charge in [0.2, 0.25) is 5.91 Å². The second kappa shape index (κ2) is 13.0. The van der Waals surface area contributed by atoms with E-state index in [4.69, 9.17) is 4.74 Å². The van der Waals surface area contributed by atoms with Crippen LogP contribution in [0.15, 0.2) is 48.5 Å². The quantitative estimate of drug-likeness (QED) is 0.488. The van der Waals surface area contributed by atoms with Gasteiger partial charge < -0.3 is 20.3 Å². The first-order chi connectivity index (χ1) is 16.1. The molecule has 2 aromatic carbocycles. The van der Waals surface area contributed by atoms with Gasteiger partial charge in [-0.1, -0.05) is 37.3 Å². The molecular formula is C27H37N3O3. The van der Waals surface area contributed by atoms with E-state index >= 15 is 0 Å². The molecule has 33 heavy (non-hydrogen) atoms. The summed E-state index contributed by atoms with van der Waals surface area (Å²) in [7, 11) is 0. The highest BCUT2D eigenvalue weighted by Gasteiger charge is 2.23. The number of anilines is 2. The lowest BCUT2D eigenvalue weighted by atomic mass is 9.89. The predicted octanol–water partition coefficient (Wildman–Crippen LogP) is 4.65. The van der Waals surface area contributed by atoms with Crippen molar-refractivity contribution in [2.45, 2.75) is 46.0 Å². The Hall–Kier alpha value is -2.86. The maximum Gasteiger partial charge on any atom is 0.253 e. The first-order valence-corrected chi connectivity index (χ1v) is 12.2. The van der Waals surface area contributed by atoms with Crippen molar-refractivity contribution in [3.05, 3.63) is 59.7 Å². The van der Waals surface area contributed by atoms with Crippen LogP contribution in [-0.2, 0) is 16.0 Å². The zero-order valence-electron chi connectivity index (χ0n) is 19.9. The van der Waals surface area contributed by atoms with Gasteiger partial charge in [-0.2, -0.15) is 0 Å². The van der Waals surface area contributed by atoms with Gasteiger partial charge >= 0.3 is 0 Å². The normalized spacial score (nSPS) is 14.2. The van der Waals surface area contributed by atoms with Crippen molar-refractivity contribution < 1.29 is 14.3 Å². The van der Waals surface area contributed by atoms with E-state index in [9.17, 15) is 9.59 Å². The highest BCUT2D eigenvalue weighted by Crippen LogP contribution is 2.30. The molecule has 3 rings (SSSR count). The highest BCUT2D eigenvalue weighted by atomic mass is 16.5. The topological polar surface area (TPSA) is 70.7 Å². The molecule has 6 heteroatoms. The van der Waals surface area contributed by atoms with Gasteiger partial charge in [0.1, 0.15) is 0 Å². The molecule has 1 aliphatic rings. The van der Waals surface area contributed by atoms with E-state index in [0.717, 1.165) is 44.5 Å². The molecule has 0 atom stereocenters. The zero-order valence-corrected chi connectivity index (χ0v) is 19.9. The number of nitrogens with zero attached hydrogens (tertiary/aromatic N) is 1. The third-order valence-electron chi connectivity index (χ3n) is 6.12. The minimum Gasteiger partial charge on any atom is -0.382 e. The average Bonchev–Trinajstić information content (AvgIpc) is 2.85. The molecule has 6 nitrogen and oxygen atoms in total. The molecule has 0 bridgehead atoms. The summed E-state index contributed by atoms with van der Waals surface area (Å²) in [6.45, 7) is 7.48. The Morgan fingerprint density at radius 1 is 1.06 bits per heavy atom. The molecule has 2 N–H and O–H groups in total. The van der Waals surface area contributed by atoms with Crippen molar-refractivity contribution in [1.82, 2.24) is 5.32 Å². The van der Waals surface area contributed by atoms with Gasteiger partial charge in [0.15, 0.2) is 0 Å². The fraction of sp³-hybridized carbons (Fsp3) is 0.481. The van der Waals surface area contributed by atoms with Gasteiger partial charge in [0.05, 0.1) is 5.56 Å². The summed E-state index contributed by atoms with van der Waals surface area (Å²) in [5.74, 6) is 0.482. The van der Waals surface area contributed by atoms with E-state index in [1.54, 1.807) is 6.07 Å². The van der Waals surface area contributed by atoms with E-state index in [1.165, 1.54) is 5.56 Å². The number of piperidine rings is 1. The van der Waals surface area contributed by atoms with E-state index < -0.39 is 0 Å². The lowest BCUT2D eigenvalue weighted by Crippen LogP contribution is -2.36. The molecule has 2 aromatic rings. The van der Waals surface area contributed by atoms with Gasteiger partial charge in [0, 0.05) is 50.6 Å². The predicted molar refractivity (Wildman–Crippen MR) is 134 cm³/mol. The fourth-order valence-corrected chi connectivity index (χ4v) is 4.26. The summed E-state index contributed by atoms with van der Waals surface area (Å²) in [6, 6.07) is 16.3. The number of ether oxygens (including phenoxy) is 1. The molecule has 1 fully saturated rings. The molecule has 0 saturated carbocycles. The van der Waals surface area contributed by atoms with Crippen LogP contribution in [0.4, 0.5) is 11.4 Å². The van der Waals surface area contributed by atoms with Crippen LogP contribution in [0.5, 0.6) is 0 Å². The number of rotatable bonds is 11. The molecule has 0 spiro atoms. The maximum atomic E-state index is 13.1. The molecule has 0 radical (unpaired) electrons. The Balaban J connectivity index is 1.67. The molecule has 1 aliphatic heterocycles. The van der Waals surface area contributed by atoms with Crippen molar-refractivity contribution in [1.29, 1.82) is 0 Å². The second-order valence-corrected chi connectivity index (χ2v) is 8.56. The Bertz CT molecular complexity index is 893. The van der Waals surface area contributed by atoms with Gasteiger partial charge in [-0.15, -0.1) is 0 Å². The minimum absolute atomic E-state index is 0.0625. The van der Waals surface area contributed by atoms with Gasteiger partial charge in [0.25, 0.3) is 5.91 Å². The van der Waals surface area contributed by atoms with E-state index in [1.807, 2.05) is 26.0 Å². The smallest absolute Gasteiger partial charge is 0.253 e. The lowest BCUT2D eigenvalue weighted by molar-refractivity contribution is -0.115. The summed E-state index contributed by atoms with van der Waals surface area (Å²) in [5.41, 5.74) is 3.59. The van der Waals surface area contributed by atoms with Crippen molar-refractivity contribution in [2.24, 2.45) is 5.92 Å². The van der Waals surface area contributed by atoms with Crippen LogP contribution in [0.2, 0.25) is 0 Å². The van der Waals surface area contributed by atoms with Gasteiger partial charge in [-0.25, -0.2) is 0 Å². The molecule has 0 unspecified atom stereocenters. The standard InChI is InChI=1S/C27H37N3O3/c1-3-26(31)29-23-11-12-25(24(20-23)27(32)28-15-8-18-33-4-2)30-16-13-22(14-17-30)19-21-9-6-5-7-10-21/h5-7,9-12,20,22H,3-4,8,13-19H2,1-2H3,(H,28,32)(H,29,31). The number of benzene rings is 2. The summed E-state index contributed by atoms with van der Waals surface area (Å²) < 4.78 is 5.36. The second-order valence-electron chi connectivity index (χ2n) is 8.56. The molecular weight excluding hydrogens is 414 g/mol. The number of amides is 2. The molecule has 1 saturated heterocycles. The van der Waals surface area contributed by atoms with Crippen LogP contribution >= 0.6 is 0 Å². The summed E-state index contributed by atoms with van der Waals surface area (Å²) in [5, 5.41) is 5.89. The minimum atomic E-state index is -0.111. The SMILES string of the molecule is CCOCCCNC(=O)c1cc(NC(=O)CC)ccc1N1CCC(Cc2ccccc2)CC1. The van der Waals surface area contributed by atoms with Gasteiger partial charge in [-0.05, 0) is 62.3 Å². The Morgan fingerprint density at radius 3 is 2.52 bits per heavy atom. The summed E-state index contributed by atoms with van der Waals surface area (Å²) in [4.78, 5) is 27.2. The van der Waals surface area contributed by atoms with Crippen molar-refractivity contribution in [2.75, 3.05) is 43.1 Å². The van der Waals surface area contributed by atoms with Crippen LogP contribution in [0, 0.1) is 5.92 Å². The first kappa shape index (κ1) is 24.8. The summed E-state index contributed by atoms with van der Waals surface area (Å²) >= 11 is 0. The van der Waals surface area contributed by atoms with E-state index in [0.29, 0.717) is 43.3 Å². The van der Waals surface area contributed by atoms with Crippen molar-refractivity contribution in [3.8, 4) is 0 Å². The largest absolute Gasteiger partial charge is 0.382 e. The van der Waals surface area contributed by atoms with Gasteiger partial charge in [-0.3, -0.25) is 9.59 Å². The Kier molecular flexibility index (Phi) is 9.76. The highest BCUT2D eigenvalue weighted by molar-refractivity contribution is 6.02. The number of carbonyl (C=O) groups is 2. The van der Waals surface area contributed by atoms with Crippen LogP contribution in [0.1, 0.15) is 55.5 Å². The summed E-state index contributed by atoms with van der Waals surface area (Å²) in [6.07, 6.45) is 4.46. The number of hydrogen-bond acceptors (Lipinski definition) is 4. The van der Waals surface area contributed by atoms with Crippen LogP contribution in [0.3, 0.4) is 0 Å². The maximum absolute atomic E-state index is 13.1. The molecule has 178 valence electrons. The molecule has 2 amide bonds. The number of nitrogens with one attached hydrogen (secondary N) is 2. The first-order valence-electron chi connectivity index (χ1n) is 12.2. The average molecular weight is 452 g/mol. The van der Waals surface area contributed by atoms with Crippen LogP contribution in [-0.4, -0.2) is 44.7 Å². The van der Waals surface area contributed by atoms with Crippen LogP contribution < -0.4 is 15.5 Å². The number of carbonyl (C=O) groups excluding carboxylic acids is 2. The Labute approximate surface area is 197 Å². The molecule has 1 heterocycles. The third kappa shape index (κ3) is 7.60. The fourth-order valence-electron chi connectivity index (χ4n) is 4.26. The zero-order chi connectivity index (χ0) is 23.5.